The molecule has 1 aliphatic rings. The molecule has 0 radical (unpaired) electrons. The number of amides is 1. The first kappa shape index (κ1) is 9.44. The minimum atomic E-state index is -0.810. The van der Waals surface area contributed by atoms with Gasteiger partial charge in [0.25, 0.3) is 0 Å². The first-order valence-corrected chi connectivity index (χ1v) is 3.92. The van der Waals surface area contributed by atoms with E-state index in [1.807, 2.05) is 0 Å². The third kappa shape index (κ3) is 2.77. The highest BCUT2D eigenvalue weighted by molar-refractivity contribution is 5.75. The molecule has 1 saturated heterocycles. The van der Waals surface area contributed by atoms with Gasteiger partial charge in [-0.05, 0) is 0 Å². The van der Waals surface area contributed by atoms with Gasteiger partial charge in [-0.3, -0.25) is 4.79 Å². The molecule has 12 heavy (non-hydrogen) atoms. The molecule has 0 spiro atoms. The molecule has 4 N–H and O–H groups in total. The summed E-state index contributed by atoms with van der Waals surface area (Å²) in [5, 5.41) is 12.4. The van der Waals surface area contributed by atoms with Crippen molar-refractivity contribution in [2.24, 2.45) is 5.73 Å². The number of aliphatic hydroxyl groups is 1. The summed E-state index contributed by atoms with van der Waals surface area (Å²) < 4.78 is 5.01. The second-order valence-corrected chi connectivity index (χ2v) is 3.10. The predicted molar refractivity (Wildman–Crippen MR) is 42.4 cm³/mol. The van der Waals surface area contributed by atoms with E-state index in [0.29, 0.717) is 26.2 Å². The van der Waals surface area contributed by atoms with Crippen LogP contribution in [0.1, 0.15) is 6.42 Å². The van der Waals surface area contributed by atoms with Crippen LogP contribution < -0.4 is 11.1 Å². The number of nitrogens with one attached hydrogen (secondary N) is 1. The maximum absolute atomic E-state index is 10.3. The molecule has 5 heteroatoms. The van der Waals surface area contributed by atoms with Crippen molar-refractivity contribution < 1.29 is 14.6 Å². The van der Waals surface area contributed by atoms with Crippen molar-refractivity contribution in [1.82, 2.24) is 5.32 Å². The summed E-state index contributed by atoms with van der Waals surface area (Å²) in [6.07, 6.45) is 0.610. The van der Waals surface area contributed by atoms with Crippen LogP contribution in [0, 0.1) is 0 Å². The summed E-state index contributed by atoms with van der Waals surface area (Å²) in [5.41, 5.74) is 4.10. The lowest BCUT2D eigenvalue weighted by molar-refractivity contribution is -0.117. The largest absolute Gasteiger partial charge is 0.386 e. The third-order valence-electron chi connectivity index (χ3n) is 1.84. The fraction of sp³-hybridized carbons (Fsp3) is 0.857. The summed E-state index contributed by atoms with van der Waals surface area (Å²) in [4.78, 5) is 10.3. The number of carbonyl (C=O) groups is 1. The number of nitrogens with two attached hydrogens (primary N) is 1. The SMILES string of the molecule is NC(=O)CNCC1(O)CCOC1. The quantitative estimate of drug-likeness (QED) is 0.470. The van der Waals surface area contributed by atoms with Gasteiger partial charge in [0.2, 0.25) is 5.91 Å². The van der Waals surface area contributed by atoms with Crippen LogP contribution in [0.4, 0.5) is 0 Å². The van der Waals surface area contributed by atoms with E-state index in [1.165, 1.54) is 0 Å². The molecule has 0 saturated carbocycles. The van der Waals surface area contributed by atoms with E-state index >= 15 is 0 Å². The van der Waals surface area contributed by atoms with E-state index in [2.05, 4.69) is 5.32 Å². The maximum atomic E-state index is 10.3. The van der Waals surface area contributed by atoms with E-state index in [4.69, 9.17) is 10.5 Å². The second-order valence-electron chi connectivity index (χ2n) is 3.10. The van der Waals surface area contributed by atoms with E-state index in [-0.39, 0.29) is 6.54 Å². The van der Waals surface area contributed by atoms with E-state index in [9.17, 15) is 9.90 Å². The summed E-state index contributed by atoms with van der Waals surface area (Å²) >= 11 is 0. The second kappa shape index (κ2) is 3.84. The Bertz CT molecular complexity index is 166. The minimum absolute atomic E-state index is 0.0995. The lowest BCUT2D eigenvalue weighted by atomic mass is 10.0. The van der Waals surface area contributed by atoms with Crippen LogP contribution in [0.5, 0.6) is 0 Å². The predicted octanol–water partition coefficient (Wildman–Crippen LogP) is -1.79. The van der Waals surface area contributed by atoms with Crippen LogP contribution in [0.3, 0.4) is 0 Å². The number of primary amides is 1. The summed E-state index contributed by atoms with van der Waals surface area (Å²) in [6, 6.07) is 0. The monoisotopic (exact) mass is 174 g/mol. The van der Waals surface area contributed by atoms with Crippen molar-refractivity contribution >= 4 is 5.91 Å². The molecule has 0 aromatic heterocycles. The molecular weight excluding hydrogens is 160 g/mol. The summed E-state index contributed by atoms with van der Waals surface area (Å²) in [5.74, 6) is -0.419. The highest BCUT2D eigenvalue weighted by Gasteiger charge is 2.31. The third-order valence-corrected chi connectivity index (χ3v) is 1.84. The molecule has 0 aromatic carbocycles. The van der Waals surface area contributed by atoms with Crippen molar-refractivity contribution in [1.29, 1.82) is 0 Å². The zero-order valence-corrected chi connectivity index (χ0v) is 6.88. The fourth-order valence-corrected chi connectivity index (χ4v) is 1.15. The van der Waals surface area contributed by atoms with Gasteiger partial charge in [-0.2, -0.15) is 0 Å². The number of hydrogen-bond acceptors (Lipinski definition) is 4. The Kier molecular flexibility index (Phi) is 3.02. The molecule has 1 fully saturated rings. The minimum Gasteiger partial charge on any atom is -0.386 e. The van der Waals surface area contributed by atoms with Gasteiger partial charge >= 0.3 is 0 Å². The maximum Gasteiger partial charge on any atom is 0.231 e. The van der Waals surface area contributed by atoms with E-state index in [1.54, 1.807) is 0 Å². The van der Waals surface area contributed by atoms with Gasteiger partial charge in [0.1, 0.15) is 5.60 Å². The highest BCUT2D eigenvalue weighted by atomic mass is 16.5. The molecule has 5 nitrogen and oxygen atoms in total. The molecule has 0 aliphatic carbocycles. The van der Waals surface area contributed by atoms with Gasteiger partial charge in [-0.25, -0.2) is 0 Å². The smallest absolute Gasteiger partial charge is 0.231 e. The van der Waals surface area contributed by atoms with Gasteiger partial charge < -0.3 is 20.9 Å². The van der Waals surface area contributed by atoms with E-state index < -0.39 is 11.5 Å². The van der Waals surface area contributed by atoms with Gasteiger partial charge in [-0.1, -0.05) is 0 Å². The van der Waals surface area contributed by atoms with Crippen LogP contribution in [0.25, 0.3) is 0 Å². The Balaban J connectivity index is 2.17. The van der Waals surface area contributed by atoms with Gasteiger partial charge in [0, 0.05) is 19.6 Å². The number of ether oxygens (including phenoxy) is 1. The lowest BCUT2D eigenvalue weighted by Crippen LogP contribution is -2.43. The van der Waals surface area contributed by atoms with Crippen LogP contribution >= 0.6 is 0 Å². The molecule has 0 aromatic rings. The first-order chi connectivity index (χ1) is 5.62. The average molecular weight is 174 g/mol. The molecule has 70 valence electrons. The van der Waals surface area contributed by atoms with Crippen molar-refractivity contribution in [2.75, 3.05) is 26.3 Å². The van der Waals surface area contributed by atoms with Crippen molar-refractivity contribution in [2.45, 2.75) is 12.0 Å². The van der Waals surface area contributed by atoms with Gasteiger partial charge in [0.05, 0.1) is 13.2 Å². The molecule has 1 atom stereocenters. The van der Waals surface area contributed by atoms with Crippen molar-refractivity contribution in [3.8, 4) is 0 Å². The van der Waals surface area contributed by atoms with Crippen LogP contribution in [-0.4, -0.2) is 42.9 Å². The molecule has 1 unspecified atom stereocenters. The Morgan fingerprint density at radius 1 is 1.75 bits per heavy atom. The number of rotatable bonds is 4. The Morgan fingerprint density at radius 2 is 2.50 bits per heavy atom. The Hall–Kier alpha value is -0.650. The molecule has 1 heterocycles. The van der Waals surface area contributed by atoms with Crippen LogP contribution in [0.2, 0.25) is 0 Å². The van der Waals surface area contributed by atoms with Gasteiger partial charge in [0.15, 0.2) is 0 Å². The Labute approximate surface area is 70.9 Å². The lowest BCUT2D eigenvalue weighted by Gasteiger charge is -2.19. The topological polar surface area (TPSA) is 84.6 Å². The fourth-order valence-electron chi connectivity index (χ4n) is 1.15. The highest BCUT2D eigenvalue weighted by Crippen LogP contribution is 2.16. The zero-order valence-electron chi connectivity index (χ0n) is 6.88. The van der Waals surface area contributed by atoms with E-state index in [0.717, 1.165) is 0 Å². The zero-order chi connectivity index (χ0) is 9.03. The standard InChI is InChI=1S/C7H14N2O3/c8-6(10)3-9-4-7(11)1-2-12-5-7/h9,11H,1-5H2,(H2,8,10). The van der Waals surface area contributed by atoms with Crippen molar-refractivity contribution in [3.63, 3.8) is 0 Å². The van der Waals surface area contributed by atoms with Gasteiger partial charge in [-0.15, -0.1) is 0 Å². The summed E-state index contributed by atoms with van der Waals surface area (Å²) in [7, 11) is 0. The van der Waals surface area contributed by atoms with Crippen molar-refractivity contribution in [3.05, 3.63) is 0 Å². The number of hydrogen-bond donors (Lipinski definition) is 3. The number of carbonyl (C=O) groups excluding carboxylic acids is 1. The average Bonchev–Trinajstić information content (AvgIpc) is 2.35. The normalized spacial score (nSPS) is 29.1. The van der Waals surface area contributed by atoms with Crippen LogP contribution in [-0.2, 0) is 9.53 Å². The molecule has 0 bridgehead atoms. The molecule has 1 rings (SSSR count). The Morgan fingerprint density at radius 3 is 3.00 bits per heavy atom. The van der Waals surface area contributed by atoms with Crippen LogP contribution in [0.15, 0.2) is 0 Å². The summed E-state index contributed by atoms with van der Waals surface area (Å²) in [6.45, 7) is 1.37. The first-order valence-electron chi connectivity index (χ1n) is 3.92. The molecular formula is C7H14N2O3. The molecule has 1 aliphatic heterocycles. The molecule has 1 amide bonds.